The van der Waals surface area contributed by atoms with Crippen molar-refractivity contribution in [3.63, 3.8) is 0 Å². The van der Waals surface area contributed by atoms with Gasteiger partial charge in [-0.05, 0) is 12.8 Å². The third kappa shape index (κ3) is 2.19. The SMILES string of the molecule is O=C(O)C1(N2CCCCS2(=O)=O)CCOCC1. The summed E-state index contributed by atoms with van der Waals surface area (Å²) in [7, 11) is -3.43. The number of aliphatic carboxylic acids is 1. The van der Waals surface area contributed by atoms with Crippen LogP contribution in [0.2, 0.25) is 0 Å². The van der Waals surface area contributed by atoms with Crippen molar-refractivity contribution in [2.24, 2.45) is 0 Å². The van der Waals surface area contributed by atoms with Gasteiger partial charge in [-0.1, -0.05) is 0 Å². The van der Waals surface area contributed by atoms with Crippen molar-refractivity contribution in [1.29, 1.82) is 0 Å². The van der Waals surface area contributed by atoms with Gasteiger partial charge in [0, 0.05) is 32.6 Å². The van der Waals surface area contributed by atoms with E-state index in [9.17, 15) is 18.3 Å². The summed E-state index contributed by atoms with van der Waals surface area (Å²) >= 11 is 0. The normalized spacial score (nSPS) is 28.7. The average molecular weight is 263 g/mol. The lowest BCUT2D eigenvalue weighted by Gasteiger charge is -2.43. The van der Waals surface area contributed by atoms with Gasteiger partial charge in [0.2, 0.25) is 10.0 Å². The number of ether oxygens (including phenoxy) is 1. The van der Waals surface area contributed by atoms with Crippen LogP contribution in [-0.4, -0.2) is 54.8 Å². The Labute approximate surface area is 101 Å². The molecule has 0 aromatic carbocycles. The van der Waals surface area contributed by atoms with Gasteiger partial charge in [0.25, 0.3) is 0 Å². The van der Waals surface area contributed by atoms with Crippen molar-refractivity contribution in [3.05, 3.63) is 0 Å². The highest BCUT2D eigenvalue weighted by Gasteiger charge is 2.51. The van der Waals surface area contributed by atoms with Crippen LogP contribution in [0.4, 0.5) is 0 Å². The van der Waals surface area contributed by atoms with Crippen LogP contribution in [0.15, 0.2) is 0 Å². The number of nitrogens with zero attached hydrogens (tertiary/aromatic N) is 1. The highest BCUT2D eigenvalue weighted by Crippen LogP contribution is 2.33. The second-order valence-electron chi connectivity index (χ2n) is 4.54. The molecule has 0 spiro atoms. The first kappa shape index (κ1) is 12.8. The summed E-state index contributed by atoms with van der Waals surface area (Å²) in [6.07, 6.45) is 1.82. The first-order valence-corrected chi connectivity index (χ1v) is 7.42. The molecule has 2 rings (SSSR count). The van der Waals surface area contributed by atoms with Crippen LogP contribution < -0.4 is 0 Å². The smallest absolute Gasteiger partial charge is 0.325 e. The molecule has 6 nitrogen and oxygen atoms in total. The van der Waals surface area contributed by atoms with Crippen molar-refractivity contribution in [2.75, 3.05) is 25.5 Å². The molecule has 0 aliphatic carbocycles. The molecular weight excluding hydrogens is 246 g/mol. The maximum atomic E-state index is 12.0. The van der Waals surface area contributed by atoms with Crippen molar-refractivity contribution in [1.82, 2.24) is 4.31 Å². The monoisotopic (exact) mass is 263 g/mol. The van der Waals surface area contributed by atoms with E-state index in [1.54, 1.807) is 0 Å². The van der Waals surface area contributed by atoms with E-state index in [1.807, 2.05) is 0 Å². The van der Waals surface area contributed by atoms with Gasteiger partial charge in [-0.2, -0.15) is 4.31 Å². The predicted octanol–water partition coefficient (Wildman–Crippen LogP) is 0.0458. The van der Waals surface area contributed by atoms with Crippen LogP contribution >= 0.6 is 0 Å². The van der Waals surface area contributed by atoms with E-state index in [0.29, 0.717) is 26.2 Å². The zero-order valence-corrected chi connectivity index (χ0v) is 10.4. The molecule has 0 bridgehead atoms. The number of hydrogen-bond acceptors (Lipinski definition) is 4. The zero-order chi connectivity index (χ0) is 12.5. The van der Waals surface area contributed by atoms with Crippen molar-refractivity contribution in [2.45, 2.75) is 31.2 Å². The van der Waals surface area contributed by atoms with E-state index in [4.69, 9.17) is 4.74 Å². The molecule has 0 aromatic heterocycles. The Morgan fingerprint density at radius 2 is 1.88 bits per heavy atom. The number of carboxylic acid groups (broad SMARTS) is 1. The quantitative estimate of drug-likeness (QED) is 0.760. The summed E-state index contributed by atoms with van der Waals surface area (Å²) in [4.78, 5) is 11.5. The molecule has 2 fully saturated rings. The van der Waals surface area contributed by atoms with Crippen LogP contribution in [0, 0.1) is 0 Å². The predicted molar refractivity (Wildman–Crippen MR) is 60.1 cm³/mol. The lowest BCUT2D eigenvalue weighted by atomic mass is 9.90. The molecule has 17 heavy (non-hydrogen) atoms. The summed E-state index contributed by atoms with van der Waals surface area (Å²) in [5.41, 5.74) is -1.28. The Kier molecular flexibility index (Phi) is 3.42. The Balaban J connectivity index is 2.35. The first-order chi connectivity index (χ1) is 7.99. The molecule has 0 atom stereocenters. The topological polar surface area (TPSA) is 83.9 Å². The van der Waals surface area contributed by atoms with Gasteiger partial charge in [0.15, 0.2) is 0 Å². The standard InChI is InChI=1S/C10H17NO5S/c12-9(13)10(3-6-16-7-4-10)11-5-1-2-8-17(11,14)15/h1-8H2,(H,12,13). The third-order valence-electron chi connectivity index (χ3n) is 3.54. The fraction of sp³-hybridized carbons (Fsp3) is 0.900. The highest BCUT2D eigenvalue weighted by atomic mass is 32.2. The fourth-order valence-corrected chi connectivity index (χ4v) is 4.54. The van der Waals surface area contributed by atoms with Crippen LogP contribution in [0.1, 0.15) is 25.7 Å². The minimum absolute atomic E-state index is 0.0584. The molecule has 98 valence electrons. The Bertz CT molecular complexity index is 399. The van der Waals surface area contributed by atoms with E-state index in [0.717, 1.165) is 6.42 Å². The number of sulfonamides is 1. The van der Waals surface area contributed by atoms with Crippen molar-refractivity contribution in [3.8, 4) is 0 Å². The molecule has 2 aliphatic rings. The molecular formula is C10H17NO5S. The van der Waals surface area contributed by atoms with E-state index >= 15 is 0 Å². The van der Waals surface area contributed by atoms with Gasteiger partial charge in [-0.15, -0.1) is 0 Å². The Hall–Kier alpha value is -0.660. The molecule has 0 amide bonds. The largest absolute Gasteiger partial charge is 0.480 e. The molecule has 0 aromatic rings. The molecule has 0 saturated carbocycles. The summed E-state index contributed by atoms with van der Waals surface area (Å²) < 4.78 is 30.4. The first-order valence-electron chi connectivity index (χ1n) is 5.81. The van der Waals surface area contributed by atoms with Gasteiger partial charge in [0.05, 0.1) is 5.75 Å². The lowest BCUT2D eigenvalue weighted by Crippen LogP contribution is -2.61. The number of rotatable bonds is 2. The van der Waals surface area contributed by atoms with Crippen LogP contribution in [0.5, 0.6) is 0 Å². The lowest BCUT2D eigenvalue weighted by molar-refractivity contribution is -0.154. The molecule has 2 heterocycles. The van der Waals surface area contributed by atoms with Crippen molar-refractivity contribution < 1.29 is 23.1 Å². The molecule has 0 radical (unpaired) electrons. The molecule has 2 aliphatic heterocycles. The van der Waals surface area contributed by atoms with Crippen LogP contribution in [0.25, 0.3) is 0 Å². The minimum Gasteiger partial charge on any atom is -0.480 e. The minimum atomic E-state index is -3.43. The average Bonchev–Trinajstić information content (AvgIpc) is 2.29. The molecule has 0 unspecified atom stereocenters. The van der Waals surface area contributed by atoms with E-state index < -0.39 is 21.5 Å². The summed E-state index contributed by atoms with van der Waals surface area (Å²) in [6.45, 7) is 0.922. The van der Waals surface area contributed by atoms with Crippen LogP contribution in [0.3, 0.4) is 0 Å². The Morgan fingerprint density at radius 1 is 1.24 bits per heavy atom. The molecule has 7 heteroatoms. The number of carboxylic acids is 1. The summed E-state index contributed by atoms with van der Waals surface area (Å²) in [5.74, 6) is -0.991. The van der Waals surface area contributed by atoms with Gasteiger partial charge in [-0.25, -0.2) is 8.42 Å². The molecule has 2 saturated heterocycles. The van der Waals surface area contributed by atoms with Gasteiger partial charge in [0.1, 0.15) is 5.54 Å². The highest BCUT2D eigenvalue weighted by molar-refractivity contribution is 7.89. The second-order valence-corrected chi connectivity index (χ2v) is 6.56. The van der Waals surface area contributed by atoms with E-state index in [1.165, 1.54) is 4.31 Å². The third-order valence-corrected chi connectivity index (χ3v) is 5.55. The molecule has 1 N–H and O–H groups in total. The maximum absolute atomic E-state index is 12.0. The number of hydrogen-bond donors (Lipinski definition) is 1. The number of carbonyl (C=O) groups is 1. The van der Waals surface area contributed by atoms with Gasteiger partial charge in [-0.3, -0.25) is 4.79 Å². The van der Waals surface area contributed by atoms with Crippen molar-refractivity contribution >= 4 is 16.0 Å². The van der Waals surface area contributed by atoms with E-state index in [2.05, 4.69) is 0 Å². The second kappa shape index (κ2) is 4.55. The van der Waals surface area contributed by atoms with Crippen LogP contribution in [-0.2, 0) is 19.6 Å². The zero-order valence-electron chi connectivity index (χ0n) is 9.59. The fourth-order valence-electron chi connectivity index (χ4n) is 2.55. The summed E-state index contributed by atoms with van der Waals surface area (Å²) in [6, 6.07) is 0. The Morgan fingerprint density at radius 3 is 2.41 bits per heavy atom. The van der Waals surface area contributed by atoms with E-state index in [-0.39, 0.29) is 18.6 Å². The maximum Gasteiger partial charge on any atom is 0.325 e. The van der Waals surface area contributed by atoms with Gasteiger partial charge < -0.3 is 9.84 Å². The summed E-state index contributed by atoms with van der Waals surface area (Å²) in [5, 5.41) is 9.41. The van der Waals surface area contributed by atoms with Gasteiger partial charge >= 0.3 is 5.97 Å².